The van der Waals surface area contributed by atoms with Gasteiger partial charge >= 0.3 is 11.9 Å². The van der Waals surface area contributed by atoms with E-state index in [1.807, 2.05) is 12.1 Å². The molecule has 1 aromatic carbocycles. The lowest BCUT2D eigenvalue weighted by Gasteiger charge is -2.35. The van der Waals surface area contributed by atoms with Gasteiger partial charge in [-0.05, 0) is 24.3 Å². The van der Waals surface area contributed by atoms with Gasteiger partial charge in [0.25, 0.3) is 0 Å². The number of amides is 1. The van der Waals surface area contributed by atoms with Gasteiger partial charge in [0.1, 0.15) is 5.82 Å². The number of halogens is 4. The summed E-state index contributed by atoms with van der Waals surface area (Å²) in [6.45, 7) is 5.00. The lowest BCUT2D eigenvalue weighted by molar-refractivity contribution is -0.137. The number of thioether (sulfide) groups is 1. The van der Waals surface area contributed by atoms with Crippen LogP contribution in [0.15, 0.2) is 52.8 Å². The summed E-state index contributed by atoms with van der Waals surface area (Å²) in [6, 6.07) is 6.42. The Morgan fingerprint density at radius 2 is 1.97 bits per heavy atom. The van der Waals surface area contributed by atoms with Gasteiger partial charge in [-0.2, -0.15) is 18.2 Å². The predicted octanol–water partition coefficient (Wildman–Crippen LogP) is 4.19. The third kappa shape index (κ3) is 4.34. The van der Waals surface area contributed by atoms with Crippen molar-refractivity contribution in [3.8, 4) is 0 Å². The molecule has 2 aromatic heterocycles. The third-order valence-corrected chi connectivity index (χ3v) is 8.21. The van der Waals surface area contributed by atoms with Crippen LogP contribution in [0.3, 0.4) is 0 Å². The van der Waals surface area contributed by atoms with Crippen LogP contribution in [0, 0.1) is 0 Å². The molecule has 3 aromatic rings. The van der Waals surface area contributed by atoms with E-state index in [9.17, 15) is 22.8 Å². The number of carbonyl (C=O) groups excluding carboxylic acids is 1. The number of anilines is 1. The molecule has 1 saturated heterocycles. The molecule has 1 amide bonds. The van der Waals surface area contributed by atoms with E-state index in [1.165, 1.54) is 22.4 Å². The summed E-state index contributed by atoms with van der Waals surface area (Å²) in [5.41, 5.74) is -0.458. The van der Waals surface area contributed by atoms with Crippen molar-refractivity contribution in [1.82, 2.24) is 19.4 Å². The van der Waals surface area contributed by atoms with Crippen molar-refractivity contribution in [2.75, 3.05) is 36.8 Å². The normalized spacial score (nSPS) is 18.3. The summed E-state index contributed by atoms with van der Waals surface area (Å²) in [6.07, 6.45) is -1.83. The minimum absolute atomic E-state index is 0.164. The zero-order chi connectivity index (χ0) is 25.6. The maximum atomic E-state index is 14.0. The molecule has 0 aliphatic carbocycles. The van der Waals surface area contributed by atoms with E-state index in [-0.39, 0.29) is 34.5 Å². The van der Waals surface area contributed by atoms with Crippen LogP contribution in [-0.2, 0) is 17.5 Å². The Hall–Kier alpha value is -3.05. The summed E-state index contributed by atoms with van der Waals surface area (Å²) in [5, 5.41) is -0.215. The largest absolute Gasteiger partial charge is 0.417 e. The van der Waals surface area contributed by atoms with Gasteiger partial charge in [-0.25, -0.2) is 4.79 Å². The average molecular weight is 536 g/mol. The van der Waals surface area contributed by atoms with Crippen LogP contribution in [0.4, 0.5) is 19.0 Å². The summed E-state index contributed by atoms with van der Waals surface area (Å²) in [4.78, 5) is 37.5. The standard InChI is InChI=1S/C24H21ClF3N5O2S/c1-2-18(34)31-7-9-32(10-8-31)22-15-11-16(24(26,27)28)19(25)21-20(15)33(23(35)30-22)12-14(13-36-21)17-5-3-4-6-29-17/h2-6,11,14H,1,7-10,12-13H2/t14-/m0/s1. The number of carbonyl (C=O) groups is 1. The quantitative estimate of drug-likeness (QED) is 0.468. The highest BCUT2D eigenvalue weighted by Gasteiger charge is 2.38. The highest BCUT2D eigenvalue weighted by atomic mass is 35.5. The van der Waals surface area contributed by atoms with Crippen LogP contribution in [0.25, 0.3) is 10.9 Å². The van der Waals surface area contributed by atoms with E-state index in [1.54, 1.807) is 22.1 Å². The molecule has 2 aliphatic rings. The van der Waals surface area contributed by atoms with Crippen molar-refractivity contribution in [2.45, 2.75) is 23.5 Å². The molecular formula is C24H21ClF3N5O2S. The van der Waals surface area contributed by atoms with Crippen LogP contribution >= 0.6 is 23.4 Å². The number of aromatic nitrogens is 3. The highest BCUT2D eigenvalue weighted by Crippen LogP contribution is 2.47. The zero-order valence-corrected chi connectivity index (χ0v) is 20.5. The zero-order valence-electron chi connectivity index (χ0n) is 19.0. The summed E-state index contributed by atoms with van der Waals surface area (Å²) in [7, 11) is 0. The molecule has 4 heterocycles. The van der Waals surface area contributed by atoms with Crippen molar-refractivity contribution < 1.29 is 18.0 Å². The molecule has 0 radical (unpaired) electrons. The first kappa shape index (κ1) is 24.6. The second-order valence-electron chi connectivity index (χ2n) is 8.57. The van der Waals surface area contributed by atoms with E-state index in [4.69, 9.17) is 11.6 Å². The van der Waals surface area contributed by atoms with E-state index in [0.717, 1.165) is 11.8 Å². The lowest BCUT2D eigenvalue weighted by Crippen LogP contribution is -2.49. The third-order valence-electron chi connectivity index (χ3n) is 6.45. The minimum Gasteiger partial charge on any atom is -0.352 e. The molecule has 7 nitrogen and oxygen atoms in total. The van der Waals surface area contributed by atoms with Crippen molar-refractivity contribution in [3.05, 3.63) is 69.9 Å². The smallest absolute Gasteiger partial charge is 0.352 e. The monoisotopic (exact) mass is 535 g/mol. The Morgan fingerprint density at radius 1 is 1.22 bits per heavy atom. The lowest BCUT2D eigenvalue weighted by atomic mass is 10.1. The molecule has 188 valence electrons. The number of alkyl halides is 3. The summed E-state index contributed by atoms with van der Waals surface area (Å²) in [5.74, 6) is 0.110. The molecule has 2 aliphatic heterocycles. The first-order valence-corrected chi connectivity index (χ1v) is 12.6. The fourth-order valence-electron chi connectivity index (χ4n) is 4.64. The molecule has 1 atom stereocenters. The van der Waals surface area contributed by atoms with Crippen molar-refractivity contribution in [2.24, 2.45) is 0 Å². The Labute approximate surface area is 213 Å². The number of rotatable bonds is 3. The molecule has 0 bridgehead atoms. The number of pyridine rings is 1. The average Bonchev–Trinajstić information content (AvgIpc) is 3.08. The predicted molar refractivity (Wildman–Crippen MR) is 133 cm³/mol. The molecule has 5 rings (SSSR count). The number of piperazine rings is 1. The van der Waals surface area contributed by atoms with Crippen LogP contribution in [0.2, 0.25) is 5.02 Å². The summed E-state index contributed by atoms with van der Waals surface area (Å²) < 4.78 is 43.5. The minimum atomic E-state index is -4.69. The fourth-order valence-corrected chi connectivity index (χ4v) is 6.29. The molecule has 12 heteroatoms. The molecular weight excluding hydrogens is 515 g/mol. The van der Waals surface area contributed by atoms with Gasteiger partial charge < -0.3 is 9.80 Å². The molecule has 0 spiro atoms. The van der Waals surface area contributed by atoms with Crippen LogP contribution in [-0.4, -0.2) is 57.3 Å². The fraction of sp³-hybridized carbons (Fsp3) is 0.333. The van der Waals surface area contributed by atoms with Gasteiger partial charge in [0.2, 0.25) is 5.91 Å². The summed E-state index contributed by atoms with van der Waals surface area (Å²) >= 11 is 7.54. The maximum absolute atomic E-state index is 14.0. The van der Waals surface area contributed by atoms with Gasteiger partial charge in [-0.15, -0.1) is 11.8 Å². The van der Waals surface area contributed by atoms with E-state index in [2.05, 4.69) is 16.5 Å². The second kappa shape index (κ2) is 9.44. The number of hydrogen-bond donors (Lipinski definition) is 0. The van der Waals surface area contributed by atoms with E-state index in [0.29, 0.717) is 37.4 Å². The number of benzene rings is 1. The highest BCUT2D eigenvalue weighted by molar-refractivity contribution is 7.99. The Balaban J connectivity index is 1.67. The van der Waals surface area contributed by atoms with E-state index < -0.39 is 22.5 Å². The Bertz CT molecular complexity index is 1410. The van der Waals surface area contributed by atoms with Crippen LogP contribution < -0.4 is 10.6 Å². The van der Waals surface area contributed by atoms with Gasteiger partial charge in [-0.1, -0.05) is 24.2 Å². The Morgan fingerprint density at radius 3 is 2.61 bits per heavy atom. The van der Waals surface area contributed by atoms with Crippen molar-refractivity contribution in [1.29, 1.82) is 0 Å². The first-order valence-electron chi connectivity index (χ1n) is 11.2. The number of nitrogens with zero attached hydrogens (tertiary/aromatic N) is 5. The number of hydrogen-bond acceptors (Lipinski definition) is 6. The van der Waals surface area contributed by atoms with Gasteiger partial charge in [0.15, 0.2) is 0 Å². The second-order valence-corrected chi connectivity index (χ2v) is 9.98. The van der Waals surface area contributed by atoms with Gasteiger partial charge in [0, 0.05) is 61.7 Å². The van der Waals surface area contributed by atoms with Gasteiger partial charge in [0.05, 0.1) is 21.0 Å². The maximum Gasteiger partial charge on any atom is 0.417 e. The molecule has 0 unspecified atom stereocenters. The Kier molecular flexibility index (Phi) is 6.46. The van der Waals surface area contributed by atoms with Crippen molar-refractivity contribution >= 4 is 46.0 Å². The topological polar surface area (TPSA) is 71.3 Å². The first-order chi connectivity index (χ1) is 17.2. The molecule has 1 fully saturated rings. The molecule has 0 N–H and O–H groups in total. The van der Waals surface area contributed by atoms with E-state index >= 15 is 0 Å². The van der Waals surface area contributed by atoms with Crippen molar-refractivity contribution in [3.63, 3.8) is 0 Å². The van der Waals surface area contributed by atoms with Crippen LogP contribution in [0.1, 0.15) is 17.2 Å². The van der Waals surface area contributed by atoms with Gasteiger partial charge in [-0.3, -0.25) is 14.3 Å². The molecule has 0 saturated carbocycles. The SMILES string of the molecule is C=CC(=O)N1CCN(c2nc(=O)n3c4c(c(Cl)c(C(F)(F)F)cc24)SC[C@@H](c2ccccn2)C3)CC1. The van der Waals surface area contributed by atoms with Crippen LogP contribution in [0.5, 0.6) is 0 Å². The molecule has 36 heavy (non-hydrogen) atoms.